The van der Waals surface area contributed by atoms with E-state index in [0.717, 1.165) is 6.07 Å². The Morgan fingerprint density at radius 3 is 2.79 bits per heavy atom. The molecular weight excluding hydrogens is 388 g/mol. The number of aromatic nitrogens is 1. The number of halogens is 3. The van der Waals surface area contributed by atoms with Crippen molar-refractivity contribution in [2.24, 2.45) is 0 Å². The highest BCUT2D eigenvalue weighted by atomic mass is 35.5. The van der Waals surface area contributed by atoms with Gasteiger partial charge in [0.2, 0.25) is 0 Å². The number of alkyl halides is 1. The van der Waals surface area contributed by atoms with E-state index in [1.807, 2.05) is 6.07 Å². The zero-order valence-electron chi connectivity index (χ0n) is 15.3. The number of carbonyl (C=O) groups is 1. The van der Waals surface area contributed by atoms with Crippen LogP contribution in [0.3, 0.4) is 0 Å². The lowest BCUT2D eigenvalue weighted by atomic mass is 9.93. The van der Waals surface area contributed by atoms with E-state index in [9.17, 15) is 13.6 Å². The summed E-state index contributed by atoms with van der Waals surface area (Å²) in [6.07, 6.45) is 3.77. The molecular formula is C20H22ClF2N3O2. The predicted octanol–water partition coefficient (Wildman–Crippen LogP) is 3.49. The topological polar surface area (TPSA) is 54.5 Å². The summed E-state index contributed by atoms with van der Waals surface area (Å²) in [6, 6.07) is 7.46. The lowest BCUT2D eigenvalue weighted by Gasteiger charge is -2.36. The fraction of sp³-hybridized carbons (Fsp3) is 0.400. The molecule has 1 fully saturated rings. The molecule has 1 aromatic carbocycles. The fourth-order valence-electron chi connectivity index (χ4n) is 3.08. The molecule has 1 saturated heterocycles. The Morgan fingerprint density at radius 2 is 2.11 bits per heavy atom. The number of hydrogen-bond donors (Lipinski definition) is 1. The Morgan fingerprint density at radius 1 is 1.32 bits per heavy atom. The number of piperidine rings is 1. The highest BCUT2D eigenvalue weighted by molar-refractivity contribution is 6.31. The van der Waals surface area contributed by atoms with Crippen molar-refractivity contribution in [3.63, 3.8) is 0 Å². The van der Waals surface area contributed by atoms with E-state index < -0.39 is 11.5 Å². The first-order valence-corrected chi connectivity index (χ1v) is 9.51. The second kappa shape index (κ2) is 9.30. The van der Waals surface area contributed by atoms with Gasteiger partial charge in [0, 0.05) is 50.8 Å². The normalized spacial score (nSPS) is 16.0. The first-order chi connectivity index (χ1) is 13.5. The Bertz CT molecular complexity index is 799. The van der Waals surface area contributed by atoms with Gasteiger partial charge >= 0.3 is 0 Å². The number of hydrogen-bond acceptors (Lipinski definition) is 4. The Kier molecular flexibility index (Phi) is 6.80. The van der Waals surface area contributed by atoms with Gasteiger partial charge in [0.05, 0.1) is 11.2 Å². The monoisotopic (exact) mass is 409 g/mol. The van der Waals surface area contributed by atoms with Crippen LogP contribution in [0.2, 0.25) is 5.02 Å². The molecule has 2 aromatic rings. The molecule has 0 unspecified atom stereocenters. The summed E-state index contributed by atoms with van der Waals surface area (Å²) in [5.74, 6) is -0.160. The van der Waals surface area contributed by atoms with Crippen molar-refractivity contribution >= 4 is 17.5 Å². The number of likely N-dealkylation sites (tertiary alicyclic amines) is 1. The first kappa shape index (κ1) is 20.5. The van der Waals surface area contributed by atoms with E-state index in [4.69, 9.17) is 16.3 Å². The largest absolute Gasteiger partial charge is 0.491 e. The molecule has 1 aliphatic heterocycles. The maximum atomic E-state index is 15.0. The lowest BCUT2D eigenvalue weighted by Crippen LogP contribution is -2.49. The van der Waals surface area contributed by atoms with Crippen LogP contribution in [-0.4, -0.2) is 54.2 Å². The maximum Gasteiger partial charge on any atom is 0.253 e. The van der Waals surface area contributed by atoms with Gasteiger partial charge in [-0.2, -0.15) is 0 Å². The van der Waals surface area contributed by atoms with Crippen molar-refractivity contribution in [1.82, 2.24) is 15.2 Å². The predicted molar refractivity (Wildman–Crippen MR) is 103 cm³/mol. The number of rotatable bonds is 7. The second-order valence-electron chi connectivity index (χ2n) is 6.79. The summed E-state index contributed by atoms with van der Waals surface area (Å²) in [6.45, 7) is 1.74. The number of amides is 1. The van der Waals surface area contributed by atoms with E-state index >= 15 is 0 Å². The quantitative estimate of drug-likeness (QED) is 0.711. The standard InChI is InChI=1S/C20H22ClF2N3O2/c21-17-12-15(3-4-18(17)22)19(27)26-9-5-20(23,6-10-26)14-25-8-11-28-16-2-1-7-24-13-16/h1-4,7,12-13,25H,5-6,8-11,14H2. The molecule has 1 aliphatic rings. The molecule has 1 N–H and O–H groups in total. The SMILES string of the molecule is O=C(c1ccc(F)c(Cl)c1)N1CCC(F)(CNCCOc2cccnc2)CC1. The molecule has 0 atom stereocenters. The zero-order chi connectivity index (χ0) is 20.0. The Balaban J connectivity index is 1.40. The van der Waals surface area contributed by atoms with Crippen molar-refractivity contribution < 1.29 is 18.3 Å². The Labute approximate surface area is 167 Å². The second-order valence-corrected chi connectivity index (χ2v) is 7.19. The van der Waals surface area contributed by atoms with E-state index in [1.54, 1.807) is 23.4 Å². The molecule has 1 aromatic heterocycles. The van der Waals surface area contributed by atoms with Crippen molar-refractivity contribution in [2.75, 3.05) is 32.8 Å². The Hall–Kier alpha value is -2.25. The van der Waals surface area contributed by atoms with Crippen LogP contribution in [0.1, 0.15) is 23.2 Å². The molecule has 5 nitrogen and oxygen atoms in total. The number of pyridine rings is 1. The summed E-state index contributed by atoms with van der Waals surface area (Å²) in [7, 11) is 0. The third-order valence-electron chi connectivity index (χ3n) is 4.74. The summed E-state index contributed by atoms with van der Waals surface area (Å²) in [4.78, 5) is 18.0. The summed E-state index contributed by atoms with van der Waals surface area (Å²) in [5, 5.41) is 2.98. The minimum absolute atomic E-state index is 0.0969. The lowest BCUT2D eigenvalue weighted by molar-refractivity contribution is 0.0433. The van der Waals surface area contributed by atoms with Gasteiger partial charge in [-0.3, -0.25) is 9.78 Å². The number of nitrogens with one attached hydrogen (secondary N) is 1. The summed E-state index contributed by atoms with van der Waals surface area (Å²) < 4.78 is 33.7. The van der Waals surface area contributed by atoms with E-state index in [-0.39, 0.29) is 30.3 Å². The first-order valence-electron chi connectivity index (χ1n) is 9.14. The fourth-order valence-corrected chi connectivity index (χ4v) is 3.27. The smallest absolute Gasteiger partial charge is 0.253 e. The van der Waals surface area contributed by atoms with Gasteiger partial charge in [0.15, 0.2) is 0 Å². The third kappa shape index (κ3) is 5.39. The highest BCUT2D eigenvalue weighted by Gasteiger charge is 2.35. The van der Waals surface area contributed by atoms with E-state index in [0.29, 0.717) is 37.6 Å². The van der Waals surface area contributed by atoms with E-state index in [1.165, 1.54) is 12.1 Å². The number of benzene rings is 1. The number of nitrogens with zero attached hydrogens (tertiary/aromatic N) is 2. The summed E-state index contributed by atoms with van der Waals surface area (Å²) >= 11 is 5.74. The third-order valence-corrected chi connectivity index (χ3v) is 5.03. The summed E-state index contributed by atoms with van der Waals surface area (Å²) in [5.41, 5.74) is -1.06. The molecule has 150 valence electrons. The molecule has 2 heterocycles. The van der Waals surface area contributed by atoms with Crippen molar-refractivity contribution in [3.05, 3.63) is 59.1 Å². The van der Waals surface area contributed by atoms with Crippen LogP contribution in [-0.2, 0) is 0 Å². The molecule has 28 heavy (non-hydrogen) atoms. The molecule has 0 bridgehead atoms. The van der Waals surface area contributed by atoms with Crippen LogP contribution >= 0.6 is 11.6 Å². The maximum absolute atomic E-state index is 15.0. The van der Waals surface area contributed by atoms with Crippen LogP contribution in [0.25, 0.3) is 0 Å². The molecule has 0 spiro atoms. The number of carbonyl (C=O) groups excluding carboxylic acids is 1. The van der Waals surface area contributed by atoms with Gasteiger partial charge in [-0.05, 0) is 30.3 Å². The van der Waals surface area contributed by atoms with Crippen LogP contribution < -0.4 is 10.1 Å². The van der Waals surface area contributed by atoms with E-state index in [2.05, 4.69) is 10.3 Å². The van der Waals surface area contributed by atoms with Crippen LogP contribution in [0, 0.1) is 5.82 Å². The van der Waals surface area contributed by atoms with Crippen LogP contribution in [0.4, 0.5) is 8.78 Å². The molecule has 3 rings (SSSR count). The van der Waals surface area contributed by atoms with Gasteiger partial charge < -0.3 is 15.0 Å². The van der Waals surface area contributed by atoms with Gasteiger partial charge in [-0.25, -0.2) is 8.78 Å². The zero-order valence-corrected chi connectivity index (χ0v) is 16.1. The molecule has 0 aliphatic carbocycles. The van der Waals surface area contributed by atoms with Gasteiger partial charge in [0.1, 0.15) is 23.8 Å². The molecule has 8 heteroatoms. The van der Waals surface area contributed by atoms with Crippen molar-refractivity contribution in [1.29, 1.82) is 0 Å². The molecule has 1 amide bonds. The highest BCUT2D eigenvalue weighted by Crippen LogP contribution is 2.27. The van der Waals surface area contributed by atoms with Crippen molar-refractivity contribution in [2.45, 2.75) is 18.5 Å². The van der Waals surface area contributed by atoms with Gasteiger partial charge in [-0.15, -0.1) is 0 Å². The average Bonchev–Trinajstić information content (AvgIpc) is 2.71. The molecule has 0 saturated carbocycles. The van der Waals surface area contributed by atoms with Crippen LogP contribution in [0.15, 0.2) is 42.7 Å². The van der Waals surface area contributed by atoms with Crippen molar-refractivity contribution in [3.8, 4) is 5.75 Å². The minimum atomic E-state index is -1.37. The number of ether oxygens (including phenoxy) is 1. The average molecular weight is 410 g/mol. The van der Waals surface area contributed by atoms with Gasteiger partial charge in [-0.1, -0.05) is 11.6 Å². The van der Waals surface area contributed by atoms with Crippen LogP contribution in [0.5, 0.6) is 5.75 Å². The minimum Gasteiger partial charge on any atom is -0.491 e. The van der Waals surface area contributed by atoms with Gasteiger partial charge in [0.25, 0.3) is 5.91 Å². The molecule has 0 radical (unpaired) electrons.